The molecule has 3 aromatic rings. The lowest BCUT2D eigenvalue weighted by atomic mass is 9.97. The number of halogens is 1. The van der Waals surface area contributed by atoms with Crippen molar-refractivity contribution in [2.45, 2.75) is 33.6 Å². The standard InChI is InChI=1S/C27H32ClN5O2/c1-4-31(5-2)22-11-12-24(19(3)16-22)29-27(35)20-8-7-15-32(18-20)25-13-14-26(34)33(30-25)23-10-6-9-21(28)17-23/h6,9-14,16-17,20H,4-5,7-8,15,18H2,1-3H3,(H,29,35). The van der Waals surface area contributed by atoms with Crippen LogP contribution in [0.15, 0.2) is 59.4 Å². The Balaban J connectivity index is 1.48. The van der Waals surface area contributed by atoms with Gasteiger partial charge >= 0.3 is 0 Å². The number of nitrogens with one attached hydrogen (secondary N) is 1. The van der Waals surface area contributed by atoms with Crippen molar-refractivity contribution >= 4 is 34.7 Å². The largest absolute Gasteiger partial charge is 0.372 e. The van der Waals surface area contributed by atoms with Gasteiger partial charge in [-0.25, -0.2) is 0 Å². The summed E-state index contributed by atoms with van der Waals surface area (Å²) in [6.45, 7) is 9.51. The van der Waals surface area contributed by atoms with Gasteiger partial charge in [0.05, 0.1) is 11.6 Å². The number of aromatic nitrogens is 2. The average Bonchev–Trinajstić information content (AvgIpc) is 2.86. The van der Waals surface area contributed by atoms with Crippen LogP contribution in [0.4, 0.5) is 17.2 Å². The van der Waals surface area contributed by atoms with Crippen LogP contribution in [0, 0.1) is 12.8 Å². The first-order valence-electron chi connectivity index (χ1n) is 12.2. The summed E-state index contributed by atoms with van der Waals surface area (Å²) < 4.78 is 1.35. The van der Waals surface area contributed by atoms with Crippen LogP contribution in [0.5, 0.6) is 0 Å². The molecule has 1 N–H and O–H groups in total. The maximum Gasteiger partial charge on any atom is 0.271 e. The maximum absolute atomic E-state index is 13.2. The number of aryl methyl sites for hydroxylation is 1. The van der Waals surface area contributed by atoms with Crippen LogP contribution in [0.1, 0.15) is 32.3 Å². The monoisotopic (exact) mass is 493 g/mol. The van der Waals surface area contributed by atoms with Crippen LogP contribution < -0.4 is 20.7 Å². The Hall–Kier alpha value is -3.32. The molecule has 0 spiro atoms. The van der Waals surface area contributed by atoms with Crippen molar-refractivity contribution in [2.24, 2.45) is 5.92 Å². The van der Waals surface area contributed by atoms with E-state index < -0.39 is 0 Å². The topological polar surface area (TPSA) is 70.5 Å². The fraction of sp³-hybridized carbons (Fsp3) is 0.370. The van der Waals surface area contributed by atoms with Crippen LogP contribution in [0.3, 0.4) is 0 Å². The van der Waals surface area contributed by atoms with E-state index in [1.165, 1.54) is 10.7 Å². The molecule has 0 bridgehead atoms. The molecule has 8 heteroatoms. The number of hydrogen-bond donors (Lipinski definition) is 1. The van der Waals surface area contributed by atoms with E-state index in [0.29, 0.717) is 23.1 Å². The van der Waals surface area contributed by atoms with Crippen LogP contribution in [0.25, 0.3) is 5.69 Å². The van der Waals surface area contributed by atoms with Gasteiger partial charge in [0.15, 0.2) is 0 Å². The van der Waals surface area contributed by atoms with Crippen LogP contribution in [0.2, 0.25) is 5.02 Å². The first-order valence-corrected chi connectivity index (χ1v) is 12.5. The third-order valence-electron chi connectivity index (χ3n) is 6.55. The highest BCUT2D eigenvalue weighted by molar-refractivity contribution is 6.30. The summed E-state index contributed by atoms with van der Waals surface area (Å²) >= 11 is 6.11. The van der Waals surface area contributed by atoms with Crippen molar-refractivity contribution in [2.75, 3.05) is 41.3 Å². The summed E-state index contributed by atoms with van der Waals surface area (Å²) in [6, 6.07) is 16.5. The summed E-state index contributed by atoms with van der Waals surface area (Å²) in [5.41, 5.74) is 3.43. The van der Waals surface area contributed by atoms with Crippen molar-refractivity contribution < 1.29 is 4.79 Å². The molecule has 1 amide bonds. The van der Waals surface area contributed by atoms with E-state index in [4.69, 9.17) is 11.6 Å². The molecule has 1 saturated heterocycles. The summed E-state index contributed by atoms with van der Waals surface area (Å²) in [7, 11) is 0. The molecule has 1 aliphatic heterocycles. The van der Waals surface area contributed by atoms with E-state index in [1.807, 2.05) is 13.0 Å². The Labute approximate surface area is 211 Å². The van der Waals surface area contributed by atoms with E-state index in [-0.39, 0.29) is 17.4 Å². The second-order valence-electron chi connectivity index (χ2n) is 8.87. The smallest absolute Gasteiger partial charge is 0.271 e. The van der Waals surface area contributed by atoms with Gasteiger partial charge in [-0.15, -0.1) is 5.10 Å². The molecule has 184 valence electrons. The van der Waals surface area contributed by atoms with Crippen LogP contribution in [-0.2, 0) is 4.79 Å². The van der Waals surface area contributed by atoms with Crippen LogP contribution >= 0.6 is 11.6 Å². The van der Waals surface area contributed by atoms with E-state index in [1.54, 1.807) is 30.3 Å². The lowest BCUT2D eigenvalue weighted by Crippen LogP contribution is -2.42. The molecule has 2 aromatic carbocycles. The van der Waals surface area contributed by atoms with Gasteiger partial charge in [0.1, 0.15) is 5.82 Å². The normalized spacial score (nSPS) is 15.7. The molecule has 4 rings (SSSR count). The quantitative estimate of drug-likeness (QED) is 0.507. The third-order valence-corrected chi connectivity index (χ3v) is 6.79. The molecule has 35 heavy (non-hydrogen) atoms. The van der Waals surface area contributed by atoms with E-state index in [0.717, 1.165) is 49.4 Å². The van der Waals surface area contributed by atoms with Gasteiger partial charge in [0.2, 0.25) is 5.91 Å². The number of hydrogen-bond acceptors (Lipinski definition) is 5. The number of benzene rings is 2. The molecule has 1 fully saturated rings. The summed E-state index contributed by atoms with van der Waals surface area (Å²) in [5.74, 6) is 0.511. The number of amides is 1. The molecule has 1 aromatic heterocycles. The maximum atomic E-state index is 13.2. The van der Waals surface area contributed by atoms with Crippen molar-refractivity contribution in [3.63, 3.8) is 0 Å². The minimum Gasteiger partial charge on any atom is -0.372 e. The Morgan fingerprint density at radius 1 is 1.14 bits per heavy atom. The number of piperidine rings is 1. The van der Waals surface area contributed by atoms with Gasteiger partial charge in [-0.05, 0) is 81.6 Å². The first-order chi connectivity index (χ1) is 16.9. The van der Waals surface area contributed by atoms with Gasteiger partial charge < -0.3 is 15.1 Å². The fourth-order valence-electron chi connectivity index (χ4n) is 4.57. The van der Waals surface area contributed by atoms with Crippen molar-refractivity contribution in [3.8, 4) is 5.69 Å². The van der Waals surface area contributed by atoms with Crippen LogP contribution in [-0.4, -0.2) is 41.9 Å². The average molecular weight is 494 g/mol. The molecule has 1 aliphatic rings. The molecular formula is C27H32ClN5O2. The third kappa shape index (κ3) is 5.68. The Kier molecular flexibility index (Phi) is 7.76. The lowest BCUT2D eigenvalue weighted by molar-refractivity contribution is -0.120. The van der Waals surface area contributed by atoms with E-state index in [9.17, 15) is 9.59 Å². The zero-order valence-corrected chi connectivity index (χ0v) is 21.3. The molecule has 7 nitrogen and oxygen atoms in total. The number of rotatable bonds is 7. The van der Waals surface area contributed by atoms with Gasteiger partial charge in [0.25, 0.3) is 5.56 Å². The van der Waals surface area contributed by atoms with Crippen molar-refractivity contribution in [1.82, 2.24) is 9.78 Å². The van der Waals surface area contributed by atoms with Crippen molar-refractivity contribution in [3.05, 3.63) is 75.5 Å². The summed E-state index contributed by atoms with van der Waals surface area (Å²) in [5, 5.41) is 8.25. The minimum absolute atomic E-state index is 0.0107. The lowest BCUT2D eigenvalue weighted by Gasteiger charge is -2.33. The summed E-state index contributed by atoms with van der Waals surface area (Å²) in [6.07, 6.45) is 1.68. The molecule has 0 saturated carbocycles. The highest BCUT2D eigenvalue weighted by Crippen LogP contribution is 2.26. The molecule has 1 unspecified atom stereocenters. The zero-order valence-electron chi connectivity index (χ0n) is 20.5. The highest BCUT2D eigenvalue weighted by Gasteiger charge is 2.27. The summed E-state index contributed by atoms with van der Waals surface area (Å²) in [4.78, 5) is 30.0. The minimum atomic E-state index is -0.231. The Morgan fingerprint density at radius 3 is 2.66 bits per heavy atom. The van der Waals surface area contributed by atoms with Gasteiger partial charge in [-0.3, -0.25) is 9.59 Å². The zero-order chi connectivity index (χ0) is 24.9. The van der Waals surface area contributed by atoms with Gasteiger partial charge in [0, 0.05) is 48.6 Å². The second kappa shape index (κ2) is 11.0. The SMILES string of the molecule is CCN(CC)c1ccc(NC(=O)C2CCCN(c3ccc(=O)n(-c4cccc(Cl)c4)n3)C2)c(C)c1. The fourth-order valence-corrected chi connectivity index (χ4v) is 4.76. The van der Waals surface area contributed by atoms with Crippen molar-refractivity contribution in [1.29, 1.82) is 0 Å². The number of carbonyl (C=O) groups excluding carboxylic acids is 1. The number of nitrogens with zero attached hydrogens (tertiary/aromatic N) is 4. The predicted molar refractivity (Wildman–Crippen MR) is 143 cm³/mol. The van der Waals surface area contributed by atoms with Gasteiger partial charge in [-0.1, -0.05) is 17.7 Å². The number of anilines is 3. The van der Waals surface area contributed by atoms with E-state index in [2.05, 4.69) is 46.2 Å². The molecule has 2 heterocycles. The highest BCUT2D eigenvalue weighted by atomic mass is 35.5. The Morgan fingerprint density at radius 2 is 1.94 bits per heavy atom. The molecular weight excluding hydrogens is 462 g/mol. The molecule has 0 radical (unpaired) electrons. The molecule has 0 aliphatic carbocycles. The number of carbonyl (C=O) groups is 1. The Bertz CT molecular complexity index is 1250. The first kappa shape index (κ1) is 24.8. The predicted octanol–water partition coefficient (Wildman–Crippen LogP) is 4.90. The molecule has 1 atom stereocenters. The van der Waals surface area contributed by atoms with Gasteiger partial charge in [-0.2, -0.15) is 4.68 Å². The van der Waals surface area contributed by atoms with E-state index >= 15 is 0 Å². The second-order valence-corrected chi connectivity index (χ2v) is 9.30.